The van der Waals surface area contributed by atoms with E-state index >= 15 is 0 Å². The second-order valence-electron chi connectivity index (χ2n) is 9.43. The van der Waals surface area contributed by atoms with Gasteiger partial charge in [0.05, 0.1) is 31.5 Å². The molecule has 0 aliphatic carbocycles. The summed E-state index contributed by atoms with van der Waals surface area (Å²) in [5.41, 5.74) is 1.31. The van der Waals surface area contributed by atoms with Crippen molar-refractivity contribution in [2.45, 2.75) is 5.16 Å². The molecule has 1 heterocycles. The van der Waals surface area contributed by atoms with Gasteiger partial charge in [-0.15, -0.1) is 10.2 Å². The number of aromatic hydroxyl groups is 1. The number of ether oxygens (including phenoxy) is 4. The Bertz CT molecular complexity index is 1750. The van der Waals surface area contributed by atoms with Crippen molar-refractivity contribution in [2.24, 2.45) is 5.10 Å². The topological polar surface area (TPSA) is 202 Å². The number of urea groups is 1. The molecule has 0 aliphatic heterocycles. The van der Waals surface area contributed by atoms with Gasteiger partial charge in [-0.2, -0.15) is 9.78 Å². The molecule has 0 aliphatic rings. The molecular formula is C30H30BrN7O9S. The number of halogens is 1. The number of hydrogen-bond donors (Lipinski definition) is 3. The Balaban J connectivity index is 1.16. The Hall–Kier alpha value is -5.20. The van der Waals surface area contributed by atoms with Crippen LogP contribution in [-0.4, -0.2) is 89.4 Å². The number of hydrogen-bond acceptors (Lipinski definition) is 13. The van der Waals surface area contributed by atoms with E-state index in [2.05, 4.69) is 41.9 Å². The van der Waals surface area contributed by atoms with Crippen molar-refractivity contribution in [1.82, 2.24) is 25.5 Å². The minimum atomic E-state index is -0.735. The number of benzene rings is 3. The van der Waals surface area contributed by atoms with Crippen LogP contribution in [0.5, 0.6) is 23.0 Å². The quantitative estimate of drug-likeness (QED) is 0.0281. The molecule has 0 saturated heterocycles. The maximum Gasteiger partial charge on any atom is 0.330 e. The first kappa shape index (κ1) is 35.7. The first-order chi connectivity index (χ1) is 23.2. The summed E-state index contributed by atoms with van der Waals surface area (Å²) >= 11 is 4.81. The van der Waals surface area contributed by atoms with E-state index in [0.717, 1.165) is 5.56 Å². The number of methoxy groups -OCH3 is 1. The molecule has 0 fully saturated rings. The van der Waals surface area contributed by atoms with Crippen LogP contribution in [0.4, 0.5) is 10.5 Å². The number of carbonyl (C=O) groups is 2. The molecule has 4 aromatic rings. The summed E-state index contributed by atoms with van der Waals surface area (Å²) in [4.78, 5) is 33.9. The van der Waals surface area contributed by atoms with E-state index in [-0.39, 0.29) is 43.6 Å². The maximum absolute atomic E-state index is 11.9. The summed E-state index contributed by atoms with van der Waals surface area (Å²) in [6, 6.07) is 14.8. The summed E-state index contributed by atoms with van der Waals surface area (Å²) in [6.07, 6.45) is 3.48. The van der Waals surface area contributed by atoms with E-state index < -0.39 is 23.5 Å². The summed E-state index contributed by atoms with van der Waals surface area (Å²) < 4.78 is 23.7. The monoisotopic (exact) mass is 743 g/mol. The summed E-state index contributed by atoms with van der Waals surface area (Å²) in [5.74, 6) is 0.838. The van der Waals surface area contributed by atoms with Crippen molar-refractivity contribution in [3.8, 4) is 34.4 Å². The highest BCUT2D eigenvalue weighted by atomic mass is 79.9. The number of rotatable bonds is 16. The number of nitro benzene ring substituents is 1. The third-order valence-electron chi connectivity index (χ3n) is 6.22. The fourth-order valence-corrected chi connectivity index (χ4v) is 4.76. The Labute approximate surface area is 286 Å². The van der Waals surface area contributed by atoms with Gasteiger partial charge in [-0.05, 0) is 70.7 Å². The average Bonchev–Trinajstić information content (AvgIpc) is 3.50. The van der Waals surface area contributed by atoms with Gasteiger partial charge >= 0.3 is 12.0 Å². The van der Waals surface area contributed by atoms with Crippen LogP contribution in [0.3, 0.4) is 0 Å². The second-order valence-corrected chi connectivity index (χ2v) is 11.1. The fourth-order valence-electron chi connectivity index (χ4n) is 3.89. The van der Waals surface area contributed by atoms with Crippen LogP contribution in [0.15, 0.2) is 75.4 Å². The second kappa shape index (κ2) is 17.6. The number of esters is 1. The number of carbonyl (C=O) groups excluding carboxylic acids is 2. The Morgan fingerprint density at radius 2 is 1.79 bits per heavy atom. The molecule has 18 heteroatoms. The van der Waals surface area contributed by atoms with Gasteiger partial charge in [0, 0.05) is 34.3 Å². The van der Waals surface area contributed by atoms with Crippen molar-refractivity contribution < 1.29 is 38.6 Å². The van der Waals surface area contributed by atoms with Crippen molar-refractivity contribution in [3.05, 3.63) is 80.8 Å². The molecule has 0 bridgehead atoms. The Morgan fingerprint density at radius 3 is 2.48 bits per heavy atom. The van der Waals surface area contributed by atoms with E-state index in [1.54, 1.807) is 29.1 Å². The third-order valence-corrected chi connectivity index (χ3v) is 7.52. The zero-order chi connectivity index (χ0) is 34.5. The number of thioether (sulfide) groups is 1. The minimum Gasteiger partial charge on any atom is -0.504 e. The number of nitrogens with one attached hydrogen (secondary N) is 2. The van der Waals surface area contributed by atoms with Gasteiger partial charge in [-0.3, -0.25) is 10.1 Å². The van der Waals surface area contributed by atoms with Crippen molar-refractivity contribution in [3.63, 3.8) is 0 Å². The largest absolute Gasteiger partial charge is 0.504 e. The molecule has 0 atom stereocenters. The van der Waals surface area contributed by atoms with Crippen molar-refractivity contribution in [2.75, 3.05) is 46.3 Å². The molecule has 0 unspecified atom stereocenters. The zero-order valence-corrected chi connectivity index (χ0v) is 28.0. The smallest absolute Gasteiger partial charge is 0.330 e. The number of phenolic OH excluding ortho intramolecular Hbond substituents is 1. The lowest BCUT2D eigenvalue weighted by Crippen LogP contribution is -2.40. The lowest BCUT2D eigenvalue weighted by atomic mass is 10.2. The molecule has 4 rings (SSSR count). The fraction of sp³-hybridized carbons (Fsp3) is 0.233. The molecule has 0 spiro atoms. The van der Waals surface area contributed by atoms with E-state index in [4.69, 9.17) is 18.9 Å². The Morgan fingerprint density at radius 1 is 1.06 bits per heavy atom. The van der Waals surface area contributed by atoms with E-state index in [0.29, 0.717) is 32.5 Å². The molecule has 3 N–H and O–H groups in total. The lowest BCUT2D eigenvalue weighted by Gasteiger charge is -2.10. The molecule has 16 nitrogen and oxygen atoms in total. The van der Waals surface area contributed by atoms with Crippen LogP contribution < -0.4 is 24.8 Å². The third kappa shape index (κ3) is 10.1. The van der Waals surface area contributed by atoms with Gasteiger partial charge in [-0.1, -0.05) is 11.8 Å². The van der Waals surface area contributed by atoms with E-state index in [1.807, 2.05) is 18.4 Å². The highest BCUT2D eigenvalue weighted by Crippen LogP contribution is 2.32. The summed E-state index contributed by atoms with van der Waals surface area (Å²) in [5, 5.41) is 39.2. The SMILES string of the molecule is COc1cc(/C=N/n2c(SC)nnc2-c2ccc(OCCOCCNC(=O)NCC(=O)Oc3ccc([N+](=O)[O-])cc3)cc2)c(Br)cc1O. The zero-order valence-electron chi connectivity index (χ0n) is 25.6. The average molecular weight is 745 g/mol. The first-order valence-electron chi connectivity index (χ1n) is 14.1. The molecule has 1 aromatic heterocycles. The van der Waals surface area contributed by atoms with Gasteiger partial charge in [0.25, 0.3) is 5.69 Å². The molecular weight excluding hydrogens is 714 g/mol. The minimum absolute atomic E-state index is 0.00519. The van der Waals surface area contributed by atoms with Gasteiger partial charge in [-0.25, -0.2) is 9.59 Å². The Kier molecular flexibility index (Phi) is 13.1. The van der Waals surface area contributed by atoms with Crippen LogP contribution in [0, 0.1) is 10.1 Å². The van der Waals surface area contributed by atoms with Crippen LogP contribution in [0.1, 0.15) is 5.56 Å². The number of non-ortho nitro benzene ring substituents is 1. The normalized spacial score (nSPS) is 10.9. The number of nitro groups is 1. The van der Waals surface area contributed by atoms with Gasteiger partial charge in [0.15, 0.2) is 17.3 Å². The van der Waals surface area contributed by atoms with Gasteiger partial charge in [0.1, 0.15) is 24.7 Å². The van der Waals surface area contributed by atoms with Crippen LogP contribution >= 0.6 is 27.7 Å². The van der Waals surface area contributed by atoms with Crippen molar-refractivity contribution in [1.29, 1.82) is 0 Å². The highest BCUT2D eigenvalue weighted by molar-refractivity contribution is 9.10. The summed E-state index contributed by atoms with van der Waals surface area (Å²) in [6.45, 7) is 0.543. The number of phenols is 1. The van der Waals surface area contributed by atoms with Gasteiger partial charge in [0.2, 0.25) is 5.16 Å². The first-order valence-corrected chi connectivity index (χ1v) is 16.1. The molecule has 252 valence electrons. The van der Waals surface area contributed by atoms with Crippen LogP contribution in [0.2, 0.25) is 0 Å². The lowest BCUT2D eigenvalue weighted by molar-refractivity contribution is -0.384. The van der Waals surface area contributed by atoms with Crippen LogP contribution in [0.25, 0.3) is 11.4 Å². The molecule has 0 radical (unpaired) electrons. The highest BCUT2D eigenvalue weighted by Gasteiger charge is 2.14. The molecule has 2 amide bonds. The van der Waals surface area contributed by atoms with E-state index in [1.165, 1.54) is 49.2 Å². The summed E-state index contributed by atoms with van der Waals surface area (Å²) in [7, 11) is 1.47. The maximum atomic E-state index is 11.9. The van der Waals surface area contributed by atoms with E-state index in [9.17, 15) is 24.8 Å². The standard InChI is InChI=1S/C30H30BrN7O9S/c1-44-26-15-20(24(31)16-25(26)39)17-34-37-28(35-36-30(37)48-2)19-3-7-22(8-4-19)46-14-13-45-12-11-32-29(41)33-18-27(40)47-23-9-5-21(6-10-23)38(42)43/h3-10,15-17,39H,11-14,18H2,1-2H3,(H2,32,33,41)/b34-17+. The van der Waals surface area contributed by atoms with Gasteiger partial charge < -0.3 is 34.7 Å². The number of amides is 2. The molecule has 3 aromatic carbocycles. The molecule has 48 heavy (non-hydrogen) atoms. The number of nitrogens with zero attached hydrogens (tertiary/aromatic N) is 5. The van der Waals surface area contributed by atoms with Crippen LogP contribution in [-0.2, 0) is 9.53 Å². The number of aromatic nitrogens is 3. The van der Waals surface area contributed by atoms with Crippen molar-refractivity contribution >= 4 is 51.6 Å². The predicted octanol–water partition coefficient (Wildman–Crippen LogP) is 4.23. The molecule has 0 saturated carbocycles. The predicted molar refractivity (Wildman–Crippen MR) is 179 cm³/mol.